The lowest BCUT2D eigenvalue weighted by Crippen LogP contribution is -2.37. The van der Waals surface area contributed by atoms with E-state index in [4.69, 9.17) is 10.3 Å². The second-order valence-corrected chi connectivity index (χ2v) is 4.05. The van der Waals surface area contributed by atoms with Gasteiger partial charge in [-0.15, -0.1) is 0 Å². The fourth-order valence-corrected chi connectivity index (χ4v) is 1.64. The lowest BCUT2D eigenvalue weighted by atomic mass is 10.1. The molecule has 0 bridgehead atoms. The molecule has 1 heterocycles. The zero-order valence-electron chi connectivity index (χ0n) is 10.3. The van der Waals surface area contributed by atoms with Gasteiger partial charge in [0, 0.05) is 6.07 Å². The van der Waals surface area contributed by atoms with E-state index in [2.05, 4.69) is 10.5 Å². The predicted molar refractivity (Wildman–Crippen MR) is 67.1 cm³/mol. The van der Waals surface area contributed by atoms with Gasteiger partial charge in [0.05, 0.1) is 5.69 Å². The minimum Gasteiger partial charge on any atom is -0.368 e. The van der Waals surface area contributed by atoms with Crippen LogP contribution in [0, 0.1) is 6.92 Å². The number of amides is 2. The lowest BCUT2D eigenvalue weighted by Gasteiger charge is -2.14. The van der Waals surface area contributed by atoms with Crippen LogP contribution >= 0.6 is 0 Å². The van der Waals surface area contributed by atoms with E-state index in [9.17, 15) is 9.59 Å². The second kappa shape index (κ2) is 5.34. The molecule has 2 aromatic rings. The van der Waals surface area contributed by atoms with Crippen molar-refractivity contribution in [3.63, 3.8) is 0 Å². The Balaban J connectivity index is 2.18. The van der Waals surface area contributed by atoms with E-state index >= 15 is 0 Å². The first-order valence-electron chi connectivity index (χ1n) is 5.66. The molecule has 0 saturated carbocycles. The Morgan fingerprint density at radius 2 is 2.00 bits per heavy atom. The van der Waals surface area contributed by atoms with Crippen molar-refractivity contribution in [2.75, 3.05) is 0 Å². The van der Waals surface area contributed by atoms with Gasteiger partial charge < -0.3 is 15.6 Å². The molecule has 0 aliphatic carbocycles. The summed E-state index contributed by atoms with van der Waals surface area (Å²) in [6.07, 6.45) is 0. The van der Waals surface area contributed by atoms with Crippen molar-refractivity contribution in [2.24, 2.45) is 5.73 Å². The first-order valence-corrected chi connectivity index (χ1v) is 5.66. The molecule has 0 aliphatic rings. The molecule has 2 rings (SSSR count). The number of aromatic nitrogens is 1. The molecule has 98 valence electrons. The van der Waals surface area contributed by atoms with Gasteiger partial charge in [-0.3, -0.25) is 9.59 Å². The lowest BCUT2D eigenvalue weighted by molar-refractivity contribution is -0.120. The molecule has 6 heteroatoms. The summed E-state index contributed by atoms with van der Waals surface area (Å²) < 4.78 is 4.83. The predicted octanol–water partition coefficient (Wildman–Crippen LogP) is 0.939. The molecule has 0 spiro atoms. The highest BCUT2D eigenvalue weighted by Crippen LogP contribution is 2.13. The maximum Gasteiger partial charge on any atom is 0.290 e. The average Bonchev–Trinajstić information content (AvgIpc) is 2.83. The van der Waals surface area contributed by atoms with Crippen molar-refractivity contribution in [2.45, 2.75) is 13.0 Å². The minimum absolute atomic E-state index is 0.0414. The molecule has 0 saturated heterocycles. The molecule has 19 heavy (non-hydrogen) atoms. The summed E-state index contributed by atoms with van der Waals surface area (Å²) in [5.41, 5.74) is 6.49. The van der Waals surface area contributed by atoms with E-state index < -0.39 is 17.9 Å². The molecule has 3 N–H and O–H groups in total. The molecule has 0 fully saturated rings. The van der Waals surface area contributed by atoms with Crippen molar-refractivity contribution >= 4 is 11.8 Å². The first kappa shape index (κ1) is 12.8. The van der Waals surface area contributed by atoms with Gasteiger partial charge >= 0.3 is 0 Å². The van der Waals surface area contributed by atoms with Gasteiger partial charge in [0.15, 0.2) is 0 Å². The Morgan fingerprint density at radius 3 is 2.53 bits per heavy atom. The van der Waals surface area contributed by atoms with Crippen LogP contribution < -0.4 is 11.1 Å². The van der Waals surface area contributed by atoms with Crippen LogP contribution in [0.15, 0.2) is 40.9 Å². The number of nitrogens with one attached hydrogen (secondary N) is 1. The zero-order valence-corrected chi connectivity index (χ0v) is 10.3. The molecule has 0 radical (unpaired) electrons. The van der Waals surface area contributed by atoms with Crippen LogP contribution in [0.3, 0.4) is 0 Å². The quantitative estimate of drug-likeness (QED) is 0.853. The van der Waals surface area contributed by atoms with Crippen molar-refractivity contribution in [1.29, 1.82) is 0 Å². The van der Waals surface area contributed by atoms with Crippen LogP contribution in [0.1, 0.15) is 27.9 Å². The van der Waals surface area contributed by atoms with Gasteiger partial charge in [0.1, 0.15) is 6.04 Å². The van der Waals surface area contributed by atoms with E-state index in [1.807, 2.05) is 6.07 Å². The summed E-state index contributed by atoms with van der Waals surface area (Å²) in [4.78, 5) is 23.3. The van der Waals surface area contributed by atoms with Gasteiger partial charge in [0.2, 0.25) is 11.7 Å². The highest BCUT2D eigenvalue weighted by molar-refractivity contribution is 5.95. The van der Waals surface area contributed by atoms with Crippen LogP contribution in [0.5, 0.6) is 0 Å². The summed E-state index contributed by atoms with van der Waals surface area (Å²) in [6, 6.07) is 9.33. The summed E-state index contributed by atoms with van der Waals surface area (Å²) in [7, 11) is 0. The number of carbonyl (C=O) groups is 2. The minimum atomic E-state index is -0.904. The largest absolute Gasteiger partial charge is 0.368 e. The third-order valence-corrected chi connectivity index (χ3v) is 2.54. The van der Waals surface area contributed by atoms with E-state index in [1.54, 1.807) is 31.2 Å². The Morgan fingerprint density at radius 1 is 1.32 bits per heavy atom. The van der Waals surface area contributed by atoms with E-state index in [0.717, 1.165) is 0 Å². The molecule has 1 aromatic carbocycles. The number of primary amides is 1. The SMILES string of the molecule is Cc1cc(C(=O)NC(C(N)=O)c2ccccc2)on1. The third-order valence-electron chi connectivity index (χ3n) is 2.54. The summed E-state index contributed by atoms with van der Waals surface area (Å²) in [6.45, 7) is 1.70. The van der Waals surface area contributed by atoms with Crippen LogP contribution in [0.2, 0.25) is 0 Å². The molecular formula is C13H13N3O3. The fourth-order valence-electron chi connectivity index (χ4n) is 1.64. The Labute approximate surface area is 109 Å². The average molecular weight is 259 g/mol. The molecular weight excluding hydrogens is 246 g/mol. The topological polar surface area (TPSA) is 98.2 Å². The van der Waals surface area contributed by atoms with Crippen LogP contribution in [-0.2, 0) is 4.79 Å². The molecule has 1 atom stereocenters. The Hall–Kier alpha value is -2.63. The van der Waals surface area contributed by atoms with E-state index in [-0.39, 0.29) is 5.76 Å². The number of hydrogen-bond donors (Lipinski definition) is 2. The molecule has 1 unspecified atom stereocenters. The summed E-state index contributed by atoms with van der Waals surface area (Å²) in [5.74, 6) is -1.14. The summed E-state index contributed by atoms with van der Waals surface area (Å²) >= 11 is 0. The van der Waals surface area contributed by atoms with Gasteiger partial charge in [-0.1, -0.05) is 35.5 Å². The van der Waals surface area contributed by atoms with Gasteiger partial charge in [-0.25, -0.2) is 0 Å². The van der Waals surface area contributed by atoms with E-state index in [0.29, 0.717) is 11.3 Å². The monoisotopic (exact) mass is 259 g/mol. The molecule has 0 aliphatic heterocycles. The standard InChI is InChI=1S/C13H13N3O3/c1-8-7-10(19-16-8)13(18)15-11(12(14)17)9-5-3-2-4-6-9/h2-7,11H,1H3,(H2,14,17)(H,15,18). The van der Waals surface area contributed by atoms with Crippen LogP contribution in [-0.4, -0.2) is 17.0 Å². The number of benzene rings is 1. The first-order chi connectivity index (χ1) is 9.08. The normalized spacial score (nSPS) is 11.8. The molecule has 1 aromatic heterocycles. The molecule has 6 nitrogen and oxygen atoms in total. The van der Waals surface area contributed by atoms with Crippen LogP contribution in [0.25, 0.3) is 0 Å². The van der Waals surface area contributed by atoms with Gasteiger partial charge in [-0.05, 0) is 12.5 Å². The number of aryl methyl sites for hydroxylation is 1. The fraction of sp³-hybridized carbons (Fsp3) is 0.154. The number of rotatable bonds is 4. The van der Waals surface area contributed by atoms with Crippen molar-refractivity contribution in [3.8, 4) is 0 Å². The number of carbonyl (C=O) groups excluding carboxylic acids is 2. The van der Waals surface area contributed by atoms with Crippen molar-refractivity contribution < 1.29 is 14.1 Å². The maximum atomic E-state index is 11.9. The second-order valence-electron chi connectivity index (χ2n) is 4.05. The summed E-state index contributed by atoms with van der Waals surface area (Å²) in [5, 5.41) is 6.13. The molecule has 2 amide bonds. The van der Waals surface area contributed by atoms with Crippen molar-refractivity contribution in [1.82, 2.24) is 10.5 Å². The van der Waals surface area contributed by atoms with Gasteiger partial charge in [0.25, 0.3) is 5.91 Å². The van der Waals surface area contributed by atoms with E-state index in [1.165, 1.54) is 6.07 Å². The third kappa shape index (κ3) is 2.98. The number of hydrogen-bond acceptors (Lipinski definition) is 4. The highest BCUT2D eigenvalue weighted by atomic mass is 16.5. The van der Waals surface area contributed by atoms with Crippen LogP contribution in [0.4, 0.5) is 0 Å². The van der Waals surface area contributed by atoms with Crippen molar-refractivity contribution in [3.05, 3.63) is 53.4 Å². The highest BCUT2D eigenvalue weighted by Gasteiger charge is 2.22. The Kier molecular flexibility index (Phi) is 3.61. The number of nitrogens with zero attached hydrogens (tertiary/aromatic N) is 1. The smallest absolute Gasteiger partial charge is 0.290 e. The maximum absolute atomic E-state index is 11.9. The van der Waals surface area contributed by atoms with Gasteiger partial charge in [-0.2, -0.15) is 0 Å². The zero-order chi connectivity index (χ0) is 13.8. The Bertz CT molecular complexity index is 592. The number of nitrogens with two attached hydrogens (primary N) is 1.